The van der Waals surface area contributed by atoms with E-state index in [0.29, 0.717) is 6.54 Å². The molecule has 1 rings (SSSR count). The lowest BCUT2D eigenvalue weighted by Crippen LogP contribution is -2.42. The third kappa shape index (κ3) is 5.31. The Labute approximate surface area is 112 Å². The highest BCUT2D eigenvalue weighted by Crippen LogP contribution is 2.09. The minimum absolute atomic E-state index is 0.149. The van der Waals surface area contributed by atoms with Crippen molar-refractivity contribution in [3.05, 3.63) is 29.8 Å². The highest BCUT2D eigenvalue weighted by molar-refractivity contribution is 7.98. The molecule has 0 aliphatic carbocycles. The largest absolute Gasteiger partial charge is 0.508 e. The van der Waals surface area contributed by atoms with Gasteiger partial charge in [0, 0.05) is 18.3 Å². The van der Waals surface area contributed by atoms with Gasteiger partial charge in [-0.1, -0.05) is 19.1 Å². The lowest BCUT2D eigenvalue weighted by Gasteiger charge is -2.16. The first-order valence-corrected chi connectivity index (χ1v) is 7.36. The fourth-order valence-electron chi connectivity index (χ4n) is 1.50. The summed E-state index contributed by atoms with van der Waals surface area (Å²) in [5.74, 6) is 1.15. The Kier molecular flexibility index (Phi) is 6.43. The van der Waals surface area contributed by atoms with Gasteiger partial charge < -0.3 is 15.7 Å². The third-order valence-electron chi connectivity index (χ3n) is 2.59. The first-order valence-electron chi connectivity index (χ1n) is 5.97. The first kappa shape index (κ1) is 14.7. The molecule has 0 aliphatic heterocycles. The van der Waals surface area contributed by atoms with Gasteiger partial charge in [-0.25, -0.2) is 4.79 Å². The van der Waals surface area contributed by atoms with E-state index in [2.05, 4.69) is 17.6 Å². The van der Waals surface area contributed by atoms with Gasteiger partial charge in [-0.15, -0.1) is 0 Å². The number of carbonyl (C=O) groups excluding carboxylic acids is 1. The number of benzene rings is 1. The Morgan fingerprint density at radius 1 is 1.39 bits per heavy atom. The number of amides is 2. The van der Waals surface area contributed by atoms with Crippen LogP contribution in [0.5, 0.6) is 5.75 Å². The van der Waals surface area contributed by atoms with Crippen molar-refractivity contribution in [2.75, 3.05) is 12.0 Å². The predicted molar refractivity (Wildman–Crippen MR) is 75.9 cm³/mol. The van der Waals surface area contributed by atoms with Crippen molar-refractivity contribution in [1.82, 2.24) is 10.6 Å². The molecule has 0 spiro atoms. The Morgan fingerprint density at radius 3 is 2.61 bits per heavy atom. The predicted octanol–water partition coefficient (Wildman–Crippen LogP) is 2.33. The number of thioether (sulfide) groups is 1. The summed E-state index contributed by atoms with van der Waals surface area (Å²) < 4.78 is 0. The minimum atomic E-state index is -0.149. The summed E-state index contributed by atoms with van der Waals surface area (Å²) in [6.45, 7) is 2.52. The number of phenolic OH excluding ortho intramolecular Hbond substituents is 1. The van der Waals surface area contributed by atoms with Crippen molar-refractivity contribution in [2.45, 2.75) is 25.9 Å². The molecule has 0 saturated heterocycles. The van der Waals surface area contributed by atoms with Crippen LogP contribution in [-0.4, -0.2) is 29.2 Å². The van der Waals surface area contributed by atoms with Crippen LogP contribution in [-0.2, 0) is 6.54 Å². The Bertz CT molecular complexity index is 368. The molecule has 3 N–H and O–H groups in total. The van der Waals surface area contributed by atoms with Crippen molar-refractivity contribution < 1.29 is 9.90 Å². The van der Waals surface area contributed by atoms with Crippen LogP contribution in [0.15, 0.2) is 24.3 Å². The SMILES string of the molecule is CCC(CSC)NC(=O)NCc1ccc(O)cc1. The Balaban J connectivity index is 2.34. The number of nitrogens with one attached hydrogen (secondary N) is 2. The number of carbonyl (C=O) groups is 1. The summed E-state index contributed by atoms with van der Waals surface area (Å²) in [5.41, 5.74) is 0.959. The van der Waals surface area contributed by atoms with Gasteiger partial charge in [0.15, 0.2) is 0 Å². The molecule has 0 bridgehead atoms. The fourth-order valence-corrected chi connectivity index (χ4v) is 2.22. The summed E-state index contributed by atoms with van der Waals surface area (Å²) in [6.07, 6.45) is 2.95. The number of hydrogen-bond donors (Lipinski definition) is 3. The molecule has 1 aromatic carbocycles. The maximum atomic E-state index is 11.6. The normalized spacial score (nSPS) is 11.9. The van der Waals surface area contributed by atoms with Crippen LogP contribution >= 0.6 is 11.8 Å². The van der Waals surface area contributed by atoms with Gasteiger partial charge in [-0.2, -0.15) is 11.8 Å². The molecule has 2 amide bonds. The molecule has 0 radical (unpaired) electrons. The van der Waals surface area contributed by atoms with Crippen molar-refractivity contribution in [1.29, 1.82) is 0 Å². The Morgan fingerprint density at radius 2 is 2.06 bits per heavy atom. The molecule has 0 aromatic heterocycles. The number of urea groups is 1. The molecule has 0 saturated carbocycles. The number of rotatable bonds is 6. The first-order chi connectivity index (χ1) is 8.65. The summed E-state index contributed by atoms with van der Waals surface area (Å²) in [5, 5.41) is 14.9. The quantitative estimate of drug-likeness (QED) is 0.742. The van der Waals surface area contributed by atoms with Crippen LogP contribution in [0.2, 0.25) is 0 Å². The molecule has 1 aromatic rings. The zero-order valence-electron chi connectivity index (χ0n) is 10.8. The van der Waals surface area contributed by atoms with E-state index in [0.717, 1.165) is 17.7 Å². The molecule has 18 heavy (non-hydrogen) atoms. The molecular formula is C13H20N2O2S. The second-order valence-electron chi connectivity index (χ2n) is 4.05. The van der Waals surface area contributed by atoms with Crippen LogP contribution in [0.4, 0.5) is 4.79 Å². The van der Waals surface area contributed by atoms with E-state index in [9.17, 15) is 4.79 Å². The highest BCUT2D eigenvalue weighted by atomic mass is 32.2. The average molecular weight is 268 g/mol. The summed E-state index contributed by atoms with van der Waals surface area (Å²) >= 11 is 1.72. The van der Waals surface area contributed by atoms with Gasteiger partial charge in [0.1, 0.15) is 5.75 Å². The van der Waals surface area contributed by atoms with Crippen LogP contribution < -0.4 is 10.6 Å². The molecule has 0 heterocycles. The van der Waals surface area contributed by atoms with E-state index < -0.39 is 0 Å². The molecule has 1 atom stereocenters. The van der Waals surface area contributed by atoms with Gasteiger partial charge >= 0.3 is 6.03 Å². The van der Waals surface area contributed by atoms with Gasteiger partial charge in [-0.3, -0.25) is 0 Å². The number of hydrogen-bond acceptors (Lipinski definition) is 3. The van der Waals surface area contributed by atoms with Crippen molar-refractivity contribution >= 4 is 17.8 Å². The monoisotopic (exact) mass is 268 g/mol. The topological polar surface area (TPSA) is 61.4 Å². The fraction of sp³-hybridized carbons (Fsp3) is 0.462. The zero-order chi connectivity index (χ0) is 13.4. The third-order valence-corrected chi connectivity index (χ3v) is 3.32. The van der Waals surface area contributed by atoms with E-state index >= 15 is 0 Å². The van der Waals surface area contributed by atoms with E-state index in [1.54, 1.807) is 36.0 Å². The molecule has 100 valence electrons. The lowest BCUT2D eigenvalue weighted by atomic mass is 10.2. The summed E-state index contributed by atoms with van der Waals surface area (Å²) in [7, 11) is 0. The van der Waals surface area contributed by atoms with Crippen LogP contribution in [0.1, 0.15) is 18.9 Å². The maximum absolute atomic E-state index is 11.6. The second-order valence-corrected chi connectivity index (χ2v) is 4.96. The molecule has 1 unspecified atom stereocenters. The lowest BCUT2D eigenvalue weighted by molar-refractivity contribution is 0.237. The van der Waals surface area contributed by atoms with Crippen molar-refractivity contribution in [2.24, 2.45) is 0 Å². The van der Waals surface area contributed by atoms with E-state index in [1.165, 1.54) is 0 Å². The molecule has 4 nitrogen and oxygen atoms in total. The maximum Gasteiger partial charge on any atom is 0.315 e. The summed E-state index contributed by atoms with van der Waals surface area (Å²) in [6, 6.07) is 6.85. The molecule has 5 heteroatoms. The molecular weight excluding hydrogens is 248 g/mol. The minimum Gasteiger partial charge on any atom is -0.508 e. The van der Waals surface area contributed by atoms with E-state index in [1.807, 2.05) is 6.26 Å². The van der Waals surface area contributed by atoms with Crippen LogP contribution in [0.3, 0.4) is 0 Å². The highest BCUT2D eigenvalue weighted by Gasteiger charge is 2.08. The molecule has 0 fully saturated rings. The van der Waals surface area contributed by atoms with Crippen LogP contribution in [0.25, 0.3) is 0 Å². The summed E-state index contributed by atoms with van der Waals surface area (Å²) in [4.78, 5) is 11.6. The van der Waals surface area contributed by atoms with Crippen LogP contribution in [0, 0.1) is 0 Å². The van der Waals surface area contributed by atoms with Crippen molar-refractivity contribution in [3.8, 4) is 5.75 Å². The second kappa shape index (κ2) is 7.87. The van der Waals surface area contributed by atoms with E-state index in [4.69, 9.17) is 5.11 Å². The van der Waals surface area contributed by atoms with Gasteiger partial charge in [0.05, 0.1) is 0 Å². The van der Waals surface area contributed by atoms with Gasteiger partial charge in [0.25, 0.3) is 0 Å². The Hall–Kier alpha value is -1.36. The smallest absolute Gasteiger partial charge is 0.315 e. The van der Waals surface area contributed by atoms with Crippen molar-refractivity contribution in [3.63, 3.8) is 0 Å². The van der Waals surface area contributed by atoms with Gasteiger partial charge in [-0.05, 0) is 30.4 Å². The standard InChI is InChI=1S/C13H20N2O2S/c1-3-11(9-18-2)15-13(17)14-8-10-4-6-12(16)7-5-10/h4-7,11,16H,3,8-9H2,1-2H3,(H2,14,15,17). The average Bonchev–Trinajstić information content (AvgIpc) is 2.37. The zero-order valence-corrected chi connectivity index (χ0v) is 11.6. The number of aromatic hydroxyl groups is 1. The van der Waals surface area contributed by atoms with Gasteiger partial charge in [0.2, 0.25) is 0 Å². The number of phenols is 1. The van der Waals surface area contributed by atoms with E-state index in [-0.39, 0.29) is 17.8 Å². The molecule has 0 aliphatic rings.